The summed E-state index contributed by atoms with van der Waals surface area (Å²) in [7, 11) is 0. The van der Waals surface area contributed by atoms with E-state index in [0.29, 0.717) is 16.6 Å². The molecule has 0 amide bonds. The van der Waals surface area contributed by atoms with E-state index >= 15 is 0 Å². The lowest BCUT2D eigenvalue weighted by Gasteiger charge is -2.25. The van der Waals surface area contributed by atoms with Crippen LogP contribution in [-0.2, 0) is 13.0 Å². The fourth-order valence-corrected chi connectivity index (χ4v) is 3.21. The Bertz CT molecular complexity index is 740. The van der Waals surface area contributed by atoms with Crippen LogP contribution in [0.15, 0.2) is 35.1 Å². The van der Waals surface area contributed by atoms with Crippen LogP contribution in [0.4, 0.5) is 0 Å². The van der Waals surface area contributed by atoms with Gasteiger partial charge in [-0.3, -0.25) is 4.79 Å². The van der Waals surface area contributed by atoms with E-state index in [1.165, 1.54) is 0 Å². The molecule has 3 nitrogen and oxygen atoms in total. The summed E-state index contributed by atoms with van der Waals surface area (Å²) in [4.78, 5) is 12.2. The first kappa shape index (κ1) is 14.6. The Balaban J connectivity index is 2.04. The second-order valence-electron chi connectivity index (χ2n) is 5.41. The van der Waals surface area contributed by atoms with Crippen LogP contribution < -0.4 is 11.3 Å². The molecule has 0 saturated carbocycles. The quantitative estimate of drug-likeness (QED) is 0.919. The Kier molecular flexibility index (Phi) is 4.07. The topological polar surface area (TPSA) is 48.0 Å². The van der Waals surface area contributed by atoms with E-state index in [2.05, 4.69) is 0 Å². The van der Waals surface area contributed by atoms with Gasteiger partial charge < -0.3 is 10.3 Å². The molecule has 1 aromatic carbocycles. The summed E-state index contributed by atoms with van der Waals surface area (Å²) in [6, 6.07) is 8.94. The molecule has 1 aliphatic rings. The second kappa shape index (κ2) is 5.84. The molecule has 21 heavy (non-hydrogen) atoms. The van der Waals surface area contributed by atoms with Gasteiger partial charge in [0.05, 0.1) is 16.6 Å². The van der Waals surface area contributed by atoms with Crippen molar-refractivity contribution in [2.24, 2.45) is 5.73 Å². The molecule has 0 radical (unpaired) electrons. The summed E-state index contributed by atoms with van der Waals surface area (Å²) < 4.78 is 1.80. The van der Waals surface area contributed by atoms with Crippen LogP contribution in [0.25, 0.3) is 0 Å². The summed E-state index contributed by atoms with van der Waals surface area (Å²) in [5, 5.41) is 1.02. The number of pyridine rings is 1. The molecule has 110 valence electrons. The number of hydrogen-bond acceptors (Lipinski definition) is 2. The maximum absolute atomic E-state index is 12.2. The van der Waals surface area contributed by atoms with Gasteiger partial charge in [0.1, 0.15) is 0 Å². The van der Waals surface area contributed by atoms with E-state index in [4.69, 9.17) is 28.9 Å². The van der Waals surface area contributed by atoms with Crippen molar-refractivity contribution in [3.05, 3.63) is 67.6 Å². The van der Waals surface area contributed by atoms with E-state index in [0.717, 1.165) is 36.1 Å². The fourth-order valence-electron chi connectivity index (χ4n) is 2.89. The van der Waals surface area contributed by atoms with Crippen molar-refractivity contribution in [1.82, 2.24) is 4.57 Å². The summed E-state index contributed by atoms with van der Waals surface area (Å²) in [6.45, 7) is 0.492. The Labute approximate surface area is 133 Å². The first-order valence-electron chi connectivity index (χ1n) is 6.98. The van der Waals surface area contributed by atoms with Crippen LogP contribution in [0, 0.1) is 0 Å². The highest BCUT2D eigenvalue weighted by atomic mass is 35.5. The average molecular weight is 323 g/mol. The summed E-state index contributed by atoms with van der Waals surface area (Å²) in [5.74, 6) is 0. The average Bonchev–Trinajstić information content (AvgIpc) is 2.46. The zero-order valence-corrected chi connectivity index (χ0v) is 13.0. The lowest BCUT2D eigenvalue weighted by molar-refractivity contribution is 0.529. The van der Waals surface area contributed by atoms with Crippen molar-refractivity contribution in [2.75, 3.05) is 0 Å². The molecule has 0 bridgehead atoms. The number of halogens is 2. The third-order valence-corrected chi connectivity index (χ3v) is 4.72. The van der Waals surface area contributed by atoms with Gasteiger partial charge in [-0.05, 0) is 42.5 Å². The van der Waals surface area contributed by atoms with Gasteiger partial charge in [-0.25, -0.2) is 0 Å². The van der Waals surface area contributed by atoms with E-state index < -0.39 is 0 Å². The normalized spacial score (nSPS) is 17.6. The molecule has 5 heteroatoms. The van der Waals surface area contributed by atoms with Gasteiger partial charge in [-0.15, -0.1) is 0 Å². The minimum atomic E-state index is -0.00563. The largest absolute Gasteiger partial charge is 0.324 e. The Morgan fingerprint density at radius 2 is 2.00 bits per heavy atom. The molecule has 1 aromatic heterocycles. The van der Waals surface area contributed by atoms with Crippen molar-refractivity contribution in [3.63, 3.8) is 0 Å². The zero-order chi connectivity index (χ0) is 15.0. The van der Waals surface area contributed by atoms with Gasteiger partial charge in [-0.1, -0.05) is 35.3 Å². The molecular formula is C16H16Cl2N2O. The first-order valence-corrected chi connectivity index (χ1v) is 7.74. The zero-order valence-electron chi connectivity index (χ0n) is 11.5. The van der Waals surface area contributed by atoms with Crippen molar-refractivity contribution < 1.29 is 0 Å². The minimum absolute atomic E-state index is 0.00563. The number of aromatic nitrogens is 1. The SMILES string of the molecule is NC1CCCc2c1ccc(=O)n2Cc1ccc(Cl)c(Cl)c1. The fraction of sp³-hybridized carbons (Fsp3) is 0.312. The van der Waals surface area contributed by atoms with Crippen molar-refractivity contribution >= 4 is 23.2 Å². The van der Waals surface area contributed by atoms with Crippen molar-refractivity contribution in [3.8, 4) is 0 Å². The van der Waals surface area contributed by atoms with E-state index in [1.54, 1.807) is 22.8 Å². The van der Waals surface area contributed by atoms with Gasteiger partial charge in [0.2, 0.25) is 0 Å². The van der Waals surface area contributed by atoms with E-state index in [9.17, 15) is 4.79 Å². The minimum Gasteiger partial charge on any atom is -0.324 e. The van der Waals surface area contributed by atoms with E-state index in [-0.39, 0.29) is 11.6 Å². The van der Waals surface area contributed by atoms with Gasteiger partial charge in [0, 0.05) is 17.8 Å². The monoisotopic (exact) mass is 322 g/mol. The number of benzene rings is 1. The van der Waals surface area contributed by atoms with Crippen LogP contribution in [0.2, 0.25) is 10.0 Å². The number of hydrogen-bond donors (Lipinski definition) is 1. The molecule has 0 spiro atoms. The van der Waals surface area contributed by atoms with E-state index in [1.807, 2.05) is 12.1 Å². The molecule has 3 rings (SSSR count). The van der Waals surface area contributed by atoms with Crippen LogP contribution >= 0.6 is 23.2 Å². The lowest BCUT2D eigenvalue weighted by Crippen LogP contribution is -2.29. The third-order valence-electron chi connectivity index (χ3n) is 3.98. The smallest absolute Gasteiger partial charge is 0.251 e. The Hall–Kier alpha value is -1.29. The number of fused-ring (bicyclic) bond motifs is 1. The standard InChI is InChI=1S/C16H16Cl2N2O/c17-12-6-4-10(8-13(12)18)9-20-15-3-1-2-14(19)11(15)5-7-16(20)21/h4-8,14H,1-3,9,19H2. The molecular weight excluding hydrogens is 307 g/mol. The van der Waals surface area contributed by atoms with Gasteiger partial charge in [-0.2, -0.15) is 0 Å². The van der Waals surface area contributed by atoms with Crippen LogP contribution in [-0.4, -0.2) is 4.57 Å². The predicted molar refractivity (Wildman–Crippen MR) is 86.1 cm³/mol. The highest BCUT2D eigenvalue weighted by molar-refractivity contribution is 6.42. The Morgan fingerprint density at radius 1 is 1.19 bits per heavy atom. The molecule has 1 heterocycles. The molecule has 2 N–H and O–H groups in total. The third kappa shape index (κ3) is 2.86. The number of nitrogens with zero attached hydrogens (tertiary/aromatic N) is 1. The molecule has 0 aliphatic heterocycles. The Morgan fingerprint density at radius 3 is 2.76 bits per heavy atom. The summed E-state index contributed by atoms with van der Waals surface area (Å²) >= 11 is 12.0. The molecule has 1 unspecified atom stereocenters. The van der Waals surface area contributed by atoms with Crippen molar-refractivity contribution in [2.45, 2.75) is 31.8 Å². The maximum atomic E-state index is 12.2. The number of rotatable bonds is 2. The summed E-state index contributed by atoms with van der Waals surface area (Å²) in [5.41, 5.74) is 9.23. The predicted octanol–water partition coefficient (Wildman–Crippen LogP) is 3.54. The van der Waals surface area contributed by atoms with Crippen LogP contribution in [0.3, 0.4) is 0 Å². The highest BCUT2D eigenvalue weighted by Gasteiger charge is 2.20. The molecule has 2 aromatic rings. The van der Waals surface area contributed by atoms with Gasteiger partial charge >= 0.3 is 0 Å². The van der Waals surface area contributed by atoms with Crippen LogP contribution in [0.5, 0.6) is 0 Å². The first-order chi connectivity index (χ1) is 10.1. The van der Waals surface area contributed by atoms with Crippen molar-refractivity contribution in [1.29, 1.82) is 0 Å². The lowest BCUT2D eigenvalue weighted by atomic mass is 9.91. The van der Waals surface area contributed by atoms with Gasteiger partial charge in [0.15, 0.2) is 0 Å². The molecule has 0 fully saturated rings. The summed E-state index contributed by atoms with van der Waals surface area (Å²) in [6.07, 6.45) is 2.87. The molecule has 1 atom stereocenters. The van der Waals surface area contributed by atoms with Crippen LogP contribution in [0.1, 0.15) is 35.7 Å². The molecule has 0 saturated heterocycles. The number of nitrogens with two attached hydrogens (primary N) is 1. The molecule has 1 aliphatic carbocycles. The second-order valence-corrected chi connectivity index (χ2v) is 6.22. The highest BCUT2D eigenvalue weighted by Crippen LogP contribution is 2.28. The van der Waals surface area contributed by atoms with Gasteiger partial charge in [0.25, 0.3) is 5.56 Å². The maximum Gasteiger partial charge on any atom is 0.251 e.